The first-order chi connectivity index (χ1) is 9.70. The van der Waals surface area contributed by atoms with E-state index < -0.39 is 6.10 Å². The third-order valence-electron chi connectivity index (χ3n) is 3.55. The molecule has 0 aliphatic carbocycles. The second-order valence-corrected chi connectivity index (χ2v) is 4.80. The lowest BCUT2D eigenvalue weighted by atomic mass is 10.1. The van der Waals surface area contributed by atoms with Crippen molar-refractivity contribution in [1.29, 1.82) is 0 Å². The molecule has 2 aliphatic heterocycles. The van der Waals surface area contributed by atoms with Crippen LogP contribution < -0.4 is 10.1 Å². The molecule has 0 radical (unpaired) electrons. The van der Waals surface area contributed by atoms with Crippen LogP contribution >= 0.6 is 0 Å². The lowest BCUT2D eigenvalue weighted by molar-refractivity contribution is 0.0178. The van der Waals surface area contributed by atoms with Crippen LogP contribution in [0.1, 0.15) is 10.4 Å². The number of hydrogen-bond acceptors (Lipinski definition) is 6. The Balaban J connectivity index is 1.71. The van der Waals surface area contributed by atoms with E-state index in [2.05, 4.69) is 10.3 Å². The van der Waals surface area contributed by atoms with Crippen molar-refractivity contribution < 1.29 is 24.1 Å². The van der Waals surface area contributed by atoms with Crippen molar-refractivity contribution in [1.82, 2.24) is 10.3 Å². The predicted octanol–water partition coefficient (Wildman–Crippen LogP) is -0.653. The summed E-state index contributed by atoms with van der Waals surface area (Å²) in [5.41, 5.74) is 0.358. The van der Waals surface area contributed by atoms with E-state index in [-0.39, 0.29) is 36.6 Å². The fourth-order valence-electron chi connectivity index (χ4n) is 2.58. The molecule has 0 unspecified atom stereocenters. The first-order valence-corrected chi connectivity index (χ1v) is 6.42. The standard InChI is InChI=1S/C13H16N2O5/c1-18-13-7(3-2-4-14-13)12(17)15-8-5-19-11-9(16)6-20-10(8)11/h2-4,8-11,16H,5-6H2,1H3,(H,15,17)/t8-,9+,10+,11+/m0/s1. The third-order valence-corrected chi connectivity index (χ3v) is 3.55. The van der Waals surface area contributed by atoms with Crippen LogP contribution in [0.25, 0.3) is 0 Å². The third kappa shape index (κ3) is 2.24. The van der Waals surface area contributed by atoms with E-state index >= 15 is 0 Å². The van der Waals surface area contributed by atoms with Crippen LogP contribution in [0.5, 0.6) is 5.88 Å². The molecule has 7 heteroatoms. The lowest BCUT2D eigenvalue weighted by Gasteiger charge is -2.17. The maximum Gasteiger partial charge on any atom is 0.257 e. The van der Waals surface area contributed by atoms with Crippen molar-refractivity contribution in [3.63, 3.8) is 0 Å². The number of methoxy groups -OCH3 is 1. The Kier molecular flexibility index (Phi) is 3.56. The molecule has 2 aliphatic rings. The molecule has 2 N–H and O–H groups in total. The van der Waals surface area contributed by atoms with Crippen LogP contribution in [0.4, 0.5) is 0 Å². The van der Waals surface area contributed by atoms with Crippen molar-refractivity contribution in [2.45, 2.75) is 24.4 Å². The molecule has 4 atom stereocenters. The van der Waals surface area contributed by atoms with Gasteiger partial charge in [-0.25, -0.2) is 4.98 Å². The van der Waals surface area contributed by atoms with E-state index in [1.165, 1.54) is 7.11 Å². The number of aromatic nitrogens is 1. The molecular formula is C13H16N2O5. The van der Waals surface area contributed by atoms with E-state index in [4.69, 9.17) is 14.2 Å². The molecule has 2 saturated heterocycles. The van der Waals surface area contributed by atoms with Gasteiger partial charge in [-0.1, -0.05) is 0 Å². The number of hydrogen-bond donors (Lipinski definition) is 2. The van der Waals surface area contributed by atoms with Gasteiger partial charge in [-0.15, -0.1) is 0 Å². The number of rotatable bonds is 3. The molecule has 1 aromatic heterocycles. The van der Waals surface area contributed by atoms with Gasteiger partial charge < -0.3 is 24.6 Å². The zero-order valence-electron chi connectivity index (χ0n) is 11.0. The second kappa shape index (κ2) is 5.35. The molecule has 7 nitrogen and oxygen atoms in total. The summed E-state index contributed by atoms with van der Waals surface area (Å²) in [5.74, 6) is -0.0259. The smallest absolute Gasteiger partial charge is 0.257 e. The molecule has 3 heterocycles. The molecule has 1 aromatic rings. The molecule has 108 valence electrons. The van der Waals surface area contributed by atoms with Gasteiger partial charge in [0.1, 0.15) is 23.9 Å². The van der Waals surface area contributed by atoms with Crippen LogP contribution in [0.2, 0.25) is 0 Å². The SMILES string of the molecule is COc1ncccc1C(=O)N[C@H]1CO[C@H]2[C@@H]1OC[C@H]2O. The zero-order chi connectivity index (χ0) is 14.1. The highest BCUT2D eigenvalue weighted by atomic mass is 16.6. The molecule has 3 rings (SSSR count). The number of nitrogens with zero attached hydrogens (tertiary/aromatic N) is 1. The minimum absolute atomic E-state index is 0.234. The van der Waals surface area contributed by atoms with Gasteiger partial charge in [-0.05, 0) is 12.1 Å². The maximum atomic E-state index is 12.2. The van der Waals surface area contributed by atoms with Gasteiger partial charge in [-0.2, -0.15) is 0 Å². The molecule has 0 saturated carbocycles. The van der Waals surface area contributed by atoms with Gasteiger partial charge in [-0.3, -0.25) is 4.79 Å². The van der Waals surface area contributed by atoms with E-state index in [0.717, 1.165) is 0 Å². The highest BCUT2D eigenvalue weighted by Gasteiger charge is 2.47. The summed E-state index contributed by atoms with van der Waals surface area (Å²) >= 11 is 0. The first-order valence-electron chi connectivity index (χ1n) is 6.42. The van der Waals surface area contributed by atoms with E-state index in [1.54, 1.807) is 18.3 Å². The lowest BCUT2D eigenvalue weighted by Crippen LogP contribution is -2.44. The van der Waals surface area contributed by atoms with E-state index in [1.807, 2.05) is 0 Å². The Hall–Kier alpha value is -1.70. The summed E-state index contributed by atoms with van der Waals surface area (Å²) in [6.45, 7) is 0.554. The topological polar surface area (TPSA) is 89.9 Å². The molecular weight excluding hydrogens is 264 g/mol. The maximum absolute atomic E-state index is 12.2. The fraction of sp³-hybridized carbons (Fsp3) is 0.538. The Bertz CT molecular complexity index is 509. The second-order valence-electron chi connectivity index (χ2n) is 4.80. The Morgan fingerprint density at radius 3 is 3.05 bits per heavy atom. The summed E-state index contributed by atoms with van der Waals surface area (Å²) in [4.78, 5) is 16.2. The van der Waals surface area contributed by atoms with Gasteiger partial charge in [0.15, 0.2) is 0 Å². The molecule has 2 fully saturated rings. The van der Waals surface area contributed by atoms with Gasteiger partial charge >= 0.3 is 0 Å². The summed E-state index contributed by atoms with van der Waals surface area (Å²) in [6, 6.07) is 3.02. The molecule has 20 heavy (non-hydrogen) atoms. The number of aliphatic hydroxyl groups excluding tert-OH is 1. The highest BCUT2D eigenvalue weighted by molar-refractivity contribution is 5.96. The summed E-state index contributed by atoms with van der Waals surface area (Å²) in [7, 11) is 1.46. The van der Waals surface area contributed by atoms with Crippen molar-refractivity contribution in [3.05, 3.63) is 23.9 Å². The number of fused-ring (bicyclic) bond motifs is 1. The van der Waals surface area contributed by atoms with Crippen molar-refractivity contribution in [2.24, 2.45) is 0 Å². The first kappa shape index (κ1) is 13.3. The zero-order valence-corrected chi connectivity index (χ0v) is 11.0. The number of ether oxygens (including phenoxy) is 3. The minimum Gasteiger partial charge on any atom is -0.480 e. The number of carbonyl (C=O) groups excluding carboxylic acids is 1. The predicted molar refractivity (Wildman–Crippen MR) is 67.5 cm³/mol. The van der Waals surface area contributed by atoms with Crippen molar-refractivity contribution in [3.8, 4) is 5.88 Å². The number of aliphatic hydroxyl groups is 1. The summed E-state index contributed by atoms with van der Waals surface area (Å²) in [6.07, 6.45) is 0.253. The average molecular weight is 280 g/mol. The fourth-order valence-corrected chi connectivity index (χ4v) is 2.58. The summed E-state index contributed by atoms with van der Waals surface area (Å²) in [5, 5.41) is 12.5. The highest BCUT2D eigenvalue weighted by Crippen LogP contribution is 2.27. The minimum atomic E-state index is -0.630. The van der Waals surface area contributed by atoms with Crippen LogP contribution in [0, 0.1) is 0 Å². The molecule has 0 aromatic carbocycles. The van der Waals surface area contributed by atoms with E-state index in [9.17, 15) is 9.90 Å². The van der Waals surface area contributed by atoms with Crippen molar-refractivity contribution in [2.75, 3.05) is 20.3 Å². The molecule has 0 bridgehead atoms. The number of pyridine rings is 1. The average Bonchev–Trinajstić information content (AvgIpc) is 3.03. The van der Waals surface area contributed by atoms with Gasteiger partial charge in [0.05, 0.1) is 26.4 Å². The molecule has 1 amide bonds. The van der Waals surface area contributed by atoms with Crippen LogP contribution in [0.3, 0.4) is 0 Å². The monoisotopic (exact) mass is 280 g/mol. The normalized spacial score (nSPS) is 31.9. The number of amides is 1. The molecule has 0 spiro atoms. The van der Waals surface area contributed by atoms with Gasteiger partial charge in [0.25, 0.3) is 5.91 Å². The Morgan fingerprint density at radius 2 is 2.25 bits per heavy atom. The number of carbonyl (C=O) groups is 1. The number of nitrogens with one attached hydrogen (secondary N) is 1. The van der Waals surface area contributed by atoms with Crippen LogP contribution in [-0.2, 0) is 9.47 Å². The van der Waals surface area contributed by atoms with Crippen molar-refractivity contribution >= 4 is 5.91 Å². The summed E-state index contributed by atoms with van der Waals surface area (Å²) < 4.78 is 16.0. The van der Waals surface area contributed by atoms with Crippen LogP contribution in [-0.4, -0.2) is 60.7 Å². The Morgan fingerprint density at radius 1 is 1.45 bits per heavy atom. The largest absolute Gasteiger partial charge is 0.480 e. The quantitative estimate of drug-likeness (QED) is 0.764. The Labute approximate surface area is 115 Å². The van der Waals surface area contributed by atoms with E-state index in [0.29, 0.717) is 12.2 Å². The van der Waals surface area contributed by atoms with Crippen LogP contribution in [0.15, 0.2) is 18.3 Å². The van der Waals surface area contributed by atoms with Gasteiger partial charge in [0.2, 0.25) is 5.88 Å². The van der Waals surface area contributed by atoms with Gasteiger partial charge in [0, 0.05) is 6.20 Å².